The number of anilines is 2. The van der Waals surface area contributed by atoms with Crippen molar-refractivity contribution in [1.29, 1.82) is 0 Å². The highest BCUT2D eigenvalue weighted by Crippen LogP contribution is 2.27. The van der Waals surface area contributed by atoms with Gasteiger partial charge in [0.05, 0.1) is 11.4 Å². The molecule has 4 nitrogen and oxygen atoms in total. The fourth-order valence-corrected chi connectivity index (χ4v) is 2.44. The molecule has 0 atom stereocenters. The molecule has 0 aliphatic rings. The summed E-state index contributed by atoms with van der Waals surface area (Å²) in [5.41, 5.74) is 1.81. The number of aryl methyl sites for hydroxylation is 1. The van der Waals surface area contributed by atoms with Gasteiger partial charge in [-0.3, -0.25) is 4.55 Å². The molecule has 18 heavy (non-hydrogen) atoms. The third-order valence-electron chi connectivity index (χ3n) is 2.49. The molecule has 2 aromatic rings. The lowest BCUT2D eigenvalue weighted by Crippen LogP contribution is -2.25. The normalized spacial score (nSPS) is 11.2. The molecular formula is C13H13NO3S. The second-order valence-corrected chi connectivity index (χ2v) is 5.17. The van der Waals surface area contributed by atoms with Crippen LogP contribution >= 0.6 is 0 Å². The van der Waals surface area contributed by atoms with E-state index in [2.05, 4.69) is 0 Å². The zero-order valence-corrected chi connectivity index (χ0v) is 10.6. The molecule has 1 N–H and O–H groups in total. The fraction of sp³-hybridized carbons (Fsp3) is 0.0769. The van der Waals surface area contributed by atoms with E-state index in [0.717, 1.165) is 9.87 Å². The number of hydrogen-bond donors (Lipinski definition) is 1. The molecule has 0 amide bonds. The number of benzene rings is 2. The molecule has 0 radical (unpaired) electrons. The Kier molecular flexibility index (Phi) is 3.36. The summed E-state index contributed by atoms with van der Waals surface area (Å²) in [6.45, 7) is 1.91. The van der Waals surface area contributed by atoms with Gasteiger partial charge in [-0.1, -0.05) is 35.9 Å². The van der Waals surface area contributed by atoms with Gasteiger partial charge in [0, 0.05) is 0 Å². The molecule has 0 spiro atoms. The zero-order chi connectivity index (χ0) is 13.2. The number of para-hydroxylation sites is 1. The Bertz CT molecular complexity index is 621. The first kappa shape index (κ1) is 12.6. The van der Waals surface area contributed by atoms with Crippen LogP contribution in [0.1, 0.15) is 5.56 Å². The van der Waals surface area contributed by atoms with Gasteiger partial charge in [0.1, 0.15) is 0 Å². The first-order valence-corrected chi connectivity index (χ1v) is 6.77. The van der Waals surface area contributed by atoms with Crippen LogP contribution in [0.5, 0.6) is 0 Å². The van der Waals surface area contributed by atoms with Crippen molar-refractivity contribution >= 4 is 21.7 Å². The third kappa shape index (κ3) is 2.69. The Morgan fingerprint density at radius 3 is 1.89 bits per heavy atom. The van der Waals surface area contributed by atoms with Gasteiger partial charge in [0.25, 0.3) is 0 Å². The Hall–Kier alpha value is -1.85. The van der Waals surface area contributed by atoms with E-state index in [4.69, 9.17) is 0 Å². The van der Waals surface area contributed by atoms with Crippen LogP contribution in [0.2, 0.25) is 0 Å². The molecule has 0 aliphatic carbocycles. The van der Waals surface area contributed by atoms with Crippen molar-refractivity contribution in [2.24, 2.45) is 0 Å². The molecule has 0 aliphatic heterocycles. The number of hydrogen-bond acceptors (Lipinski definition) is 2. The van der Waals surface area contributed by atoms with E-state index in [0.29, 0.717) is 11.4 Å². The van der Waals surface area contributed by atoms with E-state index in [-0.39, 0.29) is 0 Å². The molecule has 5 heteroatoms. The van der Waals surface area contributed by atoms with Gasteiger partial charge in [0.15, 0.2) is 0 Å². The third-order valence-corrected chi connectivity index (χ3v) is 3.37. The largest absolute Gasteiger partial charge is 0.364 e. The molecule has 2 rings (SSSR count). The highest BCUT2D eigenvalue weighted by molar-refractivity contribution is 7.87. The highest BCUT2D eigenvalue weighted by Gasteiger charge is 2.21. The van der Waals surface area contributed by atoms with Crippen LogP contribution in [0.25, 0.3) is 0 Å². The minimum Gasteiger partial charge on any atom is -0.269 e. The van der Waals surface area contributed by atoms with Gasteiger partial charge in [-0.05, 0) is 31.2 Å². The van der Waals surface area contributed by atoms with Crippen LogP contribution < -0.4 is 4.31 Å². The Morgan fingerprint density at radius 1 is 0.889 bits per heavy atom. The van der Waals surface area contributed by atoms with Crippen LogP contribution in [0.15, 0.2) is 54.6 Å². The van der Waals surface area contributed by atoms with E-state index < -0.39 is 10.3 Å². The number of rotatable bonds is 3. The minimum absolute atomic E-state index is 0.392. The lowest BCUT2D eigenvalue weighted by Gasteiger charge is -2.20. The summed E-state index contributed by atoms with van der Waals surface area (Å²) in [5, 5.41) is 0. The van der Waals surface area contributed by atoms with E-state index in [1.54, 1.807) is 54.6 Å². The summed E-state index contributed by atoms with van der Waals surface area (Å²) < 4.78 is 33.2. The van der Waals surface area contributed by atoms with Crippen LogP contribution in [-0.4, -0.2) is 13.0 Å². The van der Waals surface area contributed by atoms with Crippen molar-refractivity contribution in [2.75, 3.05) is 4.31 Å². The van der Waals surface area contributed by atoms with Crippen molar-refractivity contribution in [3.63, 3.8) is 0 Å². The maximum Gasteiger partial charge on any atom is 0.364 e. The van der Waals surface area contributed by atoms with Gasteiger partial charge in [-0.2, -0.15) is 8.42 Å². The average molecular weight is 263 g/mol. The van der Waals surface area contributed by atoms with Crippen molar-refractivity contribution in [2.45, 2.75) is 6.92 Å². The monoisotopic (exact) mass is 263 g/mol. The predicted octanol–water partition coefficient (Wildman–Crippen LogP) is 2.94. The lowest BCUT2D eigenvalue weighted by molar-refractivity contribution is 0.483. The summed E-state index contributed by atoms with van der Waals surface area (Å²) >= 11 is 0. The molecule has 0 saturated carbocycles. The highest BCUT2D eigenvalue weighted by atomic mass is 32.2. The molecule has 94 valence electrons. The Morgan fingerprint density at radius 2 is 1.39 bits per heavy atom. The van der Waals surface area contributed by atoms with Crippen molar-refractivity contribution in [3.8, 4) is 0 Å². The second-order valence-electron chi connectivity index (χ2n) is 3.91. The molecule has 2 aromatic carbocycles. The minimum atomic E-state index is -4.35. The lowest BCUT2D eigenvalue weighted by atomic mass is 10.2. The summed E-state index contributed by atoms with van der Waals surface area (Å²) in [6.07, 6.45) is 0. The molecular weight excluding hydrogens is 250 g/mol. The molecule has 0 unspecified atom stereocenters. The predicted molar refractivity (Wildman–Crippen MR) is 71.3 cm³/mol. The maximum atomic E-state index is 11.5. The summed E-state index contributed by atoms with van der Waals surface area (Å²) in [7, 11) is -4.35. The van der Waals surface area contributed by atoms with Crippen molar-refractivity contribution in [1.82, 2.24) is 0 Å². The summed E-state index contributed by atoms with van der Waals surface area (Å²) in [5.74, 6) is 0. The quantitative estimate of drug-likeness (QED) is 0.866. The zero-order valence-electron chi connectivity index (χ0n) is 9.82. The van der Waals surface area contributed by atoms with Crippen molar-refractivity contribution < 1.29 is 13.0 Å². The van der Waals surface area contributed by atoms with Crippen molar-refractivity contribution in [3.05, 3.63) is 60.2 Å². The smallest absolute Gasteiger partial charge is 0.269 e. The summed E-state index contributed by atoms with van der Waals surface area (Å²) in [6, 6.07) is 15.3. The molecule has 0 aromatic heterocycles. The van der Waals surface area contributed by atoms with E-state index in [1.165, 1.54) is 0 Å². The molecule has 0 saturated heterocycles. The number of nitrogens with zero attached hydrogens (tertiary/aromatic N) is 1. The van der Waals surface area contributed by atoms with Crippen LogP contribution in [0, 0.1) is 6.92 Å². The fourth-order valence-electron chi connectivity index (χ4n) is 1.66. The van der Waals surface area contributed by atoms with Crippen LogP contribution in [0.4, 0.5) is 11.4 Å². The molecule has 0 heterocycles. The van der Waals surface area contributed by atoms with Gasteiger partial charge >= 0.3 is 10.3 Å². The first-order valence-electron chi connectivity index (χ1n) is 5.38. The standard InChI is InChI=1S/C13H13NO3S/c1-11-7-9-13(10-8-11)14(18(15,16)17)12-5-3-2-4-6-12/h2-10H,1H3,(H,15,16,17). The van der Waals surface area contributed by atoms with Gasteiger partial charge in [-0.25, -0.2) is 4.31 Å². The van der Waals surface area contributed by atoms with Crippen LogP contribution in [-0.2, 0) is 10.3 Å². The Balaban J connectivity index is 2.55. The maximum absolute atomic E-state index is 11.5. The second kappa shape index (κ2) is 4.80. The van der Waals surface area contributed by atoms with Gasteiger partial charge in [0.2, 0.25) is 0 Å². The Labute approximate surface area is 106 Å². The van der Waals surface area contributed by atoms with E-state index in [9.17, 15) is 13.0 Å². The SMILES string of the molecule is Cc1ccc(N(c2ccccc2)S(=O)(=O)O)cc1. The van der Waals surface area contributed by atoms with E-state index >= 15 is 0 Å². The van der Waals surface area contributed by atoms with E-state index in [1.807, 2.05) is 6.92 Å². The average Bonchev–Trinajstić information content (AvgIpc) is 2.32. The van der Waals surface area contributed by atoms with Crippen LogP contribution in [0.3, 0.4) is 0 Å². The topological polar surface area (TPSA) is 57.6 Å². The first-order chi connectivity index (χ1) is 8.48. The van der Waals surface area contributed by atoms with Gasteiger partial charge in [-0.15, -0.1) is 0 Å². The van der Waals surface area contributed by atoms with Gasteiger partial charge < -0.3 is 0 Å². The molecule has 0 fully saturated rings. The summed E-state index contributed by atoms with van der Waals surface area (Å²) in [4.78, 5) is 0. The molecule has 0 bridgehead atoms.